The van der Waals surface area contributed by atoms with Crippen molar-refractivity contribution in [2.24, 2.45) is 0 Å². The topological polar surface area (TPSA) is 136 Å². The third kappa shape index (κ3) is 7.66. The van der Waals surface area contributed by atoms with Crippen LogP contribution < -0.4 is 0 Å². The van der Waals surface area contributed by atoms with E-state index in [4.69, 9.17) is 10.2 Å². The Balaban J connectivity index is 0.000000277. The Labute approximate surface area is 196 Å². The van der Waals surface area contributed by atoms with Gasteiger partial charge in [-0.25, -0.2) is 9.97 Å². The fourth-order valence-corrected chi connectivity index (χ4v) is 3.21. The predicted octanol–water partition coefficient (Wildman–Crippen LogP) is 3.35. The molecule has 0 amide bonds. The molecule has 0 fully saturated rings. The second-order valence-corrected chi connectivity index (χ2v) is 7.46. The number of carboxylic acids is 2. The maximum atomic E-state index is 9.90. The van der Waals surface area contributed by atoms with Crippen LogP contribution in [0.2, 0.25) is 0 Å². The van der Waals surface area contributed by atoms with Crippen molar-refractivity contribution in [1.29, 1.82) is 0 Å². The predicted molar refractivity (Wildman–Crippen MR) is 124 cm³/mol. The number of carbonyl (C=O) groups is 2. The molecular weight excluding hydrogens is 436 g/mol. The molecule has 0 aromatic carbocycles. The lowest BCUT2D eigenvalue weighted by Crippen LogP contribution is -2.07. The molecule has 10 heteroatoms. The minimum Gasteiger partial charge on any atom is -0.481 e. The molecule has 4 aromatic rings. The van der Waals surface area contributed by atoms with Gasteiger partial charge in [-0.2, -0.15) is 0 Å². The molecule has 0 aliphatic carbocycles. The van der Waals surface area contributed by atoms with Gasteiger partial charge in [-0.1, -0.05) is 0 Å². The normalized spacial score (nSPS) is 10.4. The van der Waals surface area contributed by atoms with E-state index < -0.39 is 11.9 Å². The fraction of sp³-hybridized carbons (Fsp3) is 0.250. The summed E-state index contributed by atoms with van der Waals surface area (Å²) in [5, 5.41) is 16.3. The van der Waals surface area contributed by atoms with Gasteiger partial charge in [0, 0.05) is 75.5 Å². The summed E-state index contributed by atoms with van der Waals surface area (Å²) in [5.74, 6) is -0.0347. The molecule has 0 aliphatic heterocycles. The maximum Gasteiger partial charge on any atom is 0.303 e. The van der Waals surface area contributed by atoms with Crippen molar-refractivity contribution in [2.75, 3.05) is 0 Å². The Morgan fingerprint density at radius 2 is 1.03 bits per heavy atom. The highest BCUT2D eigenvalue weighted by atomic mass is 16.4. The first-order valence-corrected chi connectivity index (χ1v) is 10.8. The first-order chi connectivity index (χ1) is 16.5. The number of hydrogen-bond acceptors (Lipinski definition) is 6. The van der Waals surface area contributed by atoms with E-state index in [9.17, 15) is 9.59 Å². The maximum absolute atomic E-state index is 9.90. The summed E-state index contributed by atoms with van der Waals surface area (Å²) in [4.78, 5) is 36.9. The molecule has 0 radical (unpaired) electrons. The summed E-state index contributed by atoms with van der Waals surface area (Å²) in [6.45, 7) is 1.47. The Kier molecular flexibility index (Phi) is 9.03. The zero-order valence-electron chi connectivity index (χ0n) is 18.6. The Morgan fingerprint density at radius 3 is 1.38 bits per heavy atom. The van der Waals surface area contributed by atoms with Gasteiger partial charge in [0.05, 0.1) is 0 Å². The van der Waals surface area contributed by atoms with Crippen molar-refractivity contribution in [3.05, 3.63) is 85.0 Å². The summed E-state index contributed by atoms with van der Waals surface area (Å²) >= 11 is 0. The standard InChI is InChI=1S/C18H16N6.C6H10O4/c1-5-19-6-2-15(1)13-23-11-9-21-17(23)18-22-10-12-24(18)14-16-3-7-20-8-4-16;7-5(8)3-1-2-4-6(9)10/h1-12H,13-14H2;1-4H2,(H,7,8)(H,9,10). The van der Waals surface area contributed by atoms with Crippen LogP contribution in [0.3, 0.4) is 0 Å². The average Bonchev–Trinajstić information content (AvgIpc) is 3.47. The Bertz CT molecular complexity index is 1080. The lowest BCUT2D eigenvalue weighted by Gasteiger charge is -2.10. The second-order valence-electron chi connectivity index (χ2n) is 7.46. The minimum atomic E-state index is -0.870. The molecular formula is C24H26N6O4. The van der Waals surface area contributed by atoms with Crippen molar-refractivity contribution < 1.29 is 19.8 Å². The number of aromatic nitrogens is 6. The highest BCUT2D eigenvalue weighted by Crippen LogP contribution is 2.18. The van der Waals surface area contributed by atoms with Crippen molar-refractivity contribution in [2.45, 2.75) is 38.8 Å². The number of aliphatic carboxylic acids is 2. The zero-order chi connectivity index (χ0) is 24.2. The third-order valence-corrected chi connectivity index (χ3v) is 4.87. The molecule has 10 nitrogen and oxygen atoms in total. The van der Waals surface area contributed by atoms with Gasteiger partial charge in [0.1, 0.15) is 0 Å². The third-order valence-electron chi connectivity index (χ3n) is 4.87. The highest BCUT2D eigenvalue weighted by molar-refractivity contribution is 5.67. The van der Waals surface area contributed by atoms with Crippen LogP contribution in [0.25, 0.3) is 11.6 Å². The van der Waals surface area contributed by atoms with Crippen molar-refractivity contribution >= 4 is 11.9 Å². The van der Waals surface area contributed by atoms with Gasteiger partial charge in [-0.3, -0.25) is 19.6 Å². The molecule has 0 unspecified atom stereocenters. The van der Waals surface area contributed by atoms with E-state index in [1.807, 2.05) is 49.1 Å². The largest absolute Gasteiger partial charge is 0.481 e. The van der Waals surface area contributed by atoms with E-state index in [1.54, 1.807) is 24.8 Å². The quantitative estimate of drug-likeness (QED) is 0.343. The van der Waals surface area contributed by atoms with Crippen LogP contribution in [0.1, 0.15) is 36.8 Å². The summed E-state index contributed by atoms with van der Waals surface area (Å²) < 4.78 is 4.20. The molecule has 0 bridgehead atoms. The minimum absolute atomic E-state index is 0.0628. The first kappa shape index (κ1) is 24.3. The number of hydrogen-bond donors (Lipinski definition) is 2. The second kappa shape index (κ2) is 12.6. The molecule has 0 atom stereocenters. The number of unbranched alkanes of at least 4 members (excludes halogenated alkanes) is 1. The van der Waals surface area contributed by atoms with Crippen molar-refractivity contribution in [1.82, 2.24) is 29.1 Å². The van der Waals surface area contributed by atoms with E-state index in [-0.39, 0.29) is 12.8 Å². The molecule has 4 aromatic heterocycles. The smallest absolute Gasteiger partial charge is 0.303 e. The molecule has 0 spiro atoms. The van der Waals surface area contributed by atoms with Crippen LogP contribution >= 0.6 is 0 Å². The van der Waals surface area contributed by atoms with Crippen LogP contribution in [-0.2, 0) is 22.7 Å². The molecule has 2 N–H and O–H groups in total. The van der Waals surface area contributed by atoms with Gasteiger partial charge >= 0.3 is 11.9 Å². The number of nitrogens with zero attached hydrogens (tertiary/aromatic N) is 6. The SMILES string of the molecule is O=C(O)CCCCC(=O)O.c1cc(Cn2ccnc2-c2nccn2Cc2ccncc2)ccn1. The number of carboxylic acid groups (broad SMARTS) is 2. The van der Waals surface area contributed by atoms with Crippen LogP contribution in [0, 0.1) is 0 Å². The monoisotopic (exact) mass is 462 g/mol. The Hall–Kier alpha value is -4.34. The van der Waals surface area contributed by atoms with Crippen molar-refractivity contribution in [3.63, 3.8) is 0 Å². The zero-order valence-corrected chi connectivity index (χ0v) is 18.6. The van der Waals surface area contributed by atoms with E-state index in [2.05, 4.69) is 29.1 Å². The molecule has 0 aliphatic rings. The van der Waals surface area contributed by atoms with Gasteiger partial charge in [0.2, 0.25) is 0 Å². The highest BCUT2D eigenvalue weighted by Gasteiger charge is 2.13. The lowest BCUT2D eigenvalue weighted by atomic mass is 10.2. The number of imidazole rings is 2. The van der Waals surface area contributed by atoms with Crippen LogP contribution in [-0.4, -0.2) is 51.2 Å². The van der Waals surface area contributed by atoms with Crippen LogP contribution in [0.15, 0.2) is 73.8 Å². The average molecular weight is 463 g/mol. The van der Waals surface area contributed by atoms with Gasteiger partial charge in [-0.15, -0.1) is 0 Å². The lowest BCUT2D eigenvalue weighted by molar-refractivity contribution is -0.139. The first-order valence-electron chi connectivity index (χ1n) is 10.8. The summed E-state index contributed by atoms with van der Waals surface area (Å²) in [6.07, 6.45) is 15.8. The van der Waals surface area contributed by atoms with Crippen LogP contribution in [0.5, 0.6) is 0 Å². The van der Waals surface area contributed by atoms with E-state index in [0.717, 1.165) is 24.7 Å². The fourth-order valence-electron chi connectivity index (χ4n) is 3.21. The van der Waals surface area contributed by atoms with E-state index >= 15 is 0 Å². The molecule has 34 heavy (non-hydrogen) atoms. The van der Waals surface area contributed by atoms with Gasteiger partial charge in [-0.05, 0) is 48.2 Å². The molecule has 4 heterocycles. The molecule has 0 saturated carbocycles. The van der Waals surface area contributed by atoms with E-state index in [1.165, 1.54) is 11.1 Å². The summed E-state index contributed by atoms with van der Waals surface area (Å²) in [6, 6.07) is 8.03. The molecule has 176 valence electrons. The number of rotatable bonds is 10. The van der Waals surface area contributed by atoms with Gasteiger partial charge in [0.25, 0.3) is 0 Å². The van der Waals surface area contributed by atoms with Gasteiger partial charge in [0.15, 0.2) is 11.6 Å². The van der Waals surface area contributed by atoms with Crippen molar-refractivity contribution in [3.8, 4) is 11.6 Å². The van der Waals surface area contributed by atoms with Gasteiger partial charge < -0.3 is 19.3 Å². The molecule has 4 rings (SSSR count). The summed E-state index contributed by atoms with van der Waals surface area (Å²) in [5.41, 5.74) is 2.35. The Morgan fingerprint density at radius 1 is 0.647 bits per heavy atom. The number of pyridine rings is 2. The molecule has 0 saturated heterocycles. The van der Waals surface area contributed by atoms with Crippen LogP contribution in [0.4, 0.5) is 0 Å². The summed E-state index contributed by atoms with van der Waals surface area (Å²) in [7, 11) is 0. The van der Waals surface area contributed by atoms with E-state index in [0.29, 0.717) is 12.8 Å².